The van der Waals surface area contributed by atoms with E-state index in [0.717, 1.165) is 31.2 Å². The number of carbonyl (C=O) groups is 1. The number of amides is 1. The van der Waals surface area contributed by atoms with Crippen molar-refractivity contribution in [3.05, 3.63) is 35.9 Å². The summed E-state index contributed by atoms with van der Waals surface area (Å²) in [6, 6.07) is 10.4. The quantitative estimate of drug-likeness (QED) is 0.882. The summed E-state index contributed by atoms with van der Waals surface area (Å²) < 4.78 is 0. The molecule has 0 saturated heterocycles. The van der Waals surface area contributed by atoms with Crippen LogP contribution < -0.4 is 5.32 Å². The van der Waals surface area contributed by atoms with Crippen LogP contribution in [0.2, 0.25) is 0 Å². The van der Waals surface area contributed by atoms with Crippen molar-refractivity contribution in [2.75, 3.05) is 6.54 Å². The van der Waals surface area contributed by atoms with Crippen molar-refractivity contribution in [3.63, 3.8) is 0 Å². The minimum atomic E-state index is -0.00154. The second kappa shape index (κ2) is 4.66. The molecule has 1 aromatic carbocycles. The van der Waals surface area contributed by atoms with Crippen LogP contribution in [0.25, 0.3) is 0 Å². The van der Waals surface area contributed by atoms with Gasteiger partial charge in [0.15, 0.2) is 0 Å². The molecule has 1 N–H and O–H groups in total. The molecule has 3 rings (SSSR count). The smallest absolute Gasteiger partial charge is 0.223 e. The van der Waals surface area contributed by atoms with Crippen LogP contribution >= 0.6 is 0 Å². The molecule has 2 saturated carbocycles. The SMILES string of the molecule is CC(C)(CNC(=O)C1CC2CC2C1)c1ccccc1. The van der Waals surface area contributed by atoms with Gasteiger partial charge in [0.25, 0.3) is 0 Å². The predicted molar refractivity (Wildman–Crippen MR) is 76.8 cm³/mol. The summed E-state index contributed by atoms with van der Waals surface area (Å²) in [6.45, 7) is 5.10. The van der Waals surface area contributed by atoms with Crippen molar-refractivity contribution in [3.8, 4) is 0 Å². The second-order valence-electron chi connectivity index (χ2n) is 6.89. The normalized spacial score (nSPS) is 28.8. The van der Waals surface area contributed by atoms with Gasteiger partial charge in [-0.3, -0.25) is 4.79 Å². The summed E-state index contributed by atoms with van der Waals surface area (Å²) in [5, 5.41) is 3.17. The van der Waals surface area contributed by atoms with Gasteiger partial charge in [0.05, 0.1) is 0 Å². The van der Waals surface area contributed by atoms with Crippen LogP contribution in [-0.2, 0) is 10.2 Å². The molecule has 0 aliphatic heterocycles. The van der Waals surface area contributed by atoms with Gasteiger partial charge in [-0.05, 0) is 36.7 Å². The molecule has 2 fully saturated rings. The average Bonchev–Trinajstić information content (AvgIpc) is 3.03. The molecule has 0 aromatic heterocycles. The summed E-state index contributed by atoms with van der Waals surface area (Å²) >= 11 is 0. The van der Waals surface area contributed by atoms with E-state index in [0.29, 0.717) is 0 Å². The lowest BCUT2D eigenvalue weighted by Crippen LogP contribution is -2.39. The molecule has 102 valence electrons. The largest absolute Gasteiger partial charge is 0.355 e. The van der Waals surface area contributed by atoms with E-state index in [1.54, 1.807) is 0 Å². The third-order valence-electron chi connectivity index (χ3n) is 4.87. The lowest BCUT2D eigenvalue weighted by molar-refractivity contribution is -0.125. The summed E-state index contributed by atoms with van der Waals surface area (Å²) in [4.78, 5) is 12.2. The molecule has 0 bridgehead atoms. The minimum Gasteiger partial charge on any atom is -0.355 e. The minimum absolute atomic E-state index is 0.00154. The topological polar surface area (TPSA) is 29.1 Å². The number of hydrogen-bond donors (Lipinski definition) is 1. The zero-order valence-electron chi connectivity index (χ0n) is 11.9. The molecule has 2 heteroatoms. The van der Waals surface area contributed by atoms with Crippen LogP contribution in [0.4, 0.5) is 0 Å². The Morgan fingerprint density at radius 3 is 2.42 bits per heavy atom. The Hall–Kier alpha value is -1.31. The summed E-state index contributed by atoms with van der Waals surface area (Å²) in [6.07, 6.45) is 3.63. The van der Waals surface area contributed by atoms with E-state index in [1.807, 2.05) is 6.07 Å². The molecule has 0 spiro atoms. The van der Waals surface area contributed by atoms with Crippen molar-refractivity contribution in [1.82, 2.24) is 5.32 Å². The van der Waals surface area contributed by atoms with Crippen molar-refractivity contribution in [2.24, 2.45) is 17.8 Å². The third-order valence-corrected chi connectivity index (χ3v) is 4.87. The molecule has 1 aromatic rings. The van der Waals surface area contributed by atoms with Gasteiger partial charge in [-0.1, -0.05) is 44.2 Å². The Bertz CT molecular complexity index is 455. The first-order valence-electron chi connectivity index (χ1n) is 7.39. The summed E-state index contributed by atoms with van der Waals surface area (Å²) in [7, 11) is 0. The van der Waals surface area contributed by atoms with E-state index in [2.05, 4.69) is 43.4 Å². The molecular formula is C17H23NO. The monoisotopic (exact) mass is 257 g/mol. The molecule has 2 aliphatic rings. The lowest BCUT2D eigenvalue weighted by Gasteiger charge is -2.26. The number of benzene rings is 1. The first-order valence-corrected chi connectivity index (χ1v) is 7.39. The molecule has 2 aliphatic carbocycles. The van der Waals surface area contributed by atoms with Crippen molar-refractivity contribution < 1.29 is 4.79 Å². The fourth-order valence-electron chi connectivity index (χ4n) is 3.37. The molecule has 0 radical (unpaired) electrons. The van der Waals surface area contributed by atoms with Gasteiger partial charge in [0.1, 0.15) is 0 Å². The standard InChI is InChI=1S/C17H23NO/c1-17(2,15-6-4-3-5-7-15)11-18-16(19)14-9-12-8-13(12)10-14/h3-7,12-14H,8-11H2,1-2H3,(H,18,19). The van der Waals surface area contributed by atoms with Crippen LogP contribution in [0.3, 0.4) is 0 Å². The van der Waals surface area contributed by atoms with Gasteiger partial charge in [-0.15, -0.1) is 0 Å². The Morgan fingerprint density at radius 2 is 1.79 bits per heavy atom. The first kappa shape index (κ1) is 12.7. The van der Waals surface area contributed by atoms with Gasteiger partial charge < -0.3 is 5.32 Å². The average molecular weight is 257 g/mol. The van der Waals surface area contributed by atoms with E-state index in [1.165, 1.54) is 12.0 Å². The van der Waals surface area contributed by atoms with Crippen LogP contribution in [-0.4, -0.2) is 12.5 Å². The predicted octanol–water partition coefficient (Wildman–Crippen LogP) is 3.13. The van der Waals surface area contributed by atoms with E-state index in [9.17, 15) is 4.79 Å². The van der Waals surface area contributed by atoms with Crippen LogP contribution in [0.5, 0.6) is 0 Å². The van der Waals surface area contributed by atoms with E-state index < -0.39 is 0 Å². The van der Waals surface area contributed by atoms with E-state index in [4.69, 9.17) is 0 Å². The highest BCUT2D eigenvalue weighted by Crippen LogP contribution is 2.54. The zero-order chi connectivity index (χ0) is 13.5. The molecule has 19 heavy (non-hydrogen) atoms. The van der Waals surface area contributed by atoms with Gasteiger partial charge >= 0.3 is 0 Å². The first-order chi connectivity index (χ1) is 9.06. The number of nitrogens with one attached hydrogen (secondary N) is 1. The van der Waals surface area contributed by atoms with Crippen LogP contribution in [0.1, 0.15) is 38.7 Å². The fourth-order valence-corrected chi connectivity index (χ4v) is 3.37. The highest BCUT2D eigenvalue weighted by molar-refractivity contribution is 5.79. The van der Waals surface area contributed by atoms with E-state index >= 15 is 0 Å². The Kier molecular flexibility index (Phi) is 3.12. The van der Waals surface area contributed by atoms with Crippen LogP contribution in [0.15, 0.2) is 30.3 Å². The van der Waals surface area contributed by atoms with Crippen molar-refractivity contribution >= 4 is 5.91 Å². The maximum atomic E-state index is 12.2. The number of carbonyl (C=O) groups excluding carboxylic acids is 1. The van der Waals surface area contributed by atoms with E-state index in [-0.39, 0.29) is 17.2 Å². The lowest BCUT2D eigenvalue weighted by atomic mass is 9.84. The van der Waals surface area contributed by atoms with Crippen molar-refractivity contribution in [2.45, 2.75) is 38.5 Å². The molecular weight excluding hydrogens is 234 g/mol. The maximum Gasteiger partial charge on any atom is 0.223 e. The number of hydrogen-bond acceptors (Lipinski definition) is 1. The molecule has 2 atom stereocenters. The molecule has 2 unspecified atom stereocenters. The van der Waals surface area contributed by atoms with Gasteiger partial charge in [-0.2, -0.15) is 0 Å². The van der Waals surface area contributed by atoms with Gasteiger partial charge in [-0.25, -0.2) is 0 Å². The van der Waals surface area contributed by atoms with Gasteiger partial charge in [0, 0.05) is 17.9 Å². The fraction of sp³-hybridized carbons (Fsp3) is 0.588. The summed E-state index contributed by atoms with van der Waals surface area (Å²) in [5.74, 6) is 2.31. The molecule has 2 nitrogen and oxygen atoms in total. The highest BCUT2D eigenvalue weighted by atomic mass is 16.1. The molecule has 1 amide bonds. The second-order valence-corrected chi connectivity index (χ2v) is 6.89. The summed E-state index contributed by atoms with van der Waals surface area (Å²) in [5.41, 5.74) is 1.28. The third kappa shape index (κ3) is 2.68. The Balaban J connectivity index is 1.55. The van der Waals surface area contributed by atoms with Crippen LogP contribution in [0, 0.1) is 17.8 Å². The molecule has 0 heterocycles. The Morgan fingerprint density at radius 1 is 1.16 bits per heavy atom. The zero-order valence-corrected chi connectivity index (χ0v) is 11.9. The van der Waals surface area contributed by atoms with Crippen molar-refractivity contribution in [1.29, 1.82) is 0 Å². The Labute approximate surface area is 115 Å². The number of rotatable bonds is 4. The highest BCUT2D eigenvalue weighted by Gasteiger charge is 2.48. The van der Waals surface area contributed by atoms with Gasteiger partial charge in [0.2, 0.25) is 5.91 Å². The number of fused-ring (bicyclic) bond motifs is 1. The maximum absolute atomic E-state index is 12.2.